The molecule has 0 radical (unpaired) electrons. The van der Waals surface area contributed by atoms with E-state index in [1.807, 2.05) is 0 Å². The fourth-order valence-corrected chi connectivity index (χ4v) is 2.92. The van der Waals surface area contributed by atoms with E-state index in [0.29, 0.717) is 10.6 Å². The number of carbonyl (C=O) groups excluding carboxylic acids is 1. The Balaban J connectivity index is 3.11. The van der Waals surface area contributed by atoms with Crippen LogP contribution >= 0.6 is 11.6 Å². The van der Waals surface area contributed by atoms with Gasteiger partial charge in [-0.2, -0.15) is 4.72 Å². The molecular weight excluding hydrogens is 290 g/mol. The summed E-state index contributed by atoms with van der Waals surface area (Å²) in [7, 11) is -2.40. The third kappa shape index (κ3) is 3.59. The van der Waals surface area contributed by atoms with Gasteiger partial charge in [-0.1, -0.05) is 11.6 Å². The van der Waals surface area contributed by atoms with E-state index in [9.17, 15) is 13.2 Å². The fraction of sp³-hybridized carbons (Fsp3) is 0.364. The first-order valence-electron chi connectivity index (χ1n) is 5.48. The average Bonchev–Trinajstić information content (AvgIpc) is 2.33. The largest absolute Gasteiger partial charge is 0.397 e. The van der Waals surface area contributed by atoms with Gasteiger partial charge in [-0.25, -0.2) is 8.42 Å². The predicted octanol–water partition coefficient (Wildman–Crippen LogP) is 0.643. The number of anilines is 1. The molecule has 1 atom stereocenters. The smallest absolute Gasteiger partial charge is 0.241 e. The number of aryl methyl sites for hydroxylation is 1. The number of benzene rings is 1. The highest BCUT2D eigenvalue weighted by Gasteiger charge is 2.22. The van der Waals surface area contributed by atoms with Gasteiger partial charge in [-0.3, -0.25) is 4.79 Å². The van der Waals surface area contributed by atoms with Crippen molar-refractivity contribution in [1.82, 2.24) is 10.0 Å². The van der Waals surface area contributed by atoms with E-state index in [2.05, 4.69) is 10.0 Å². The molecule has 1 aromatic carbocycles. The van der Waals surface area contributed by atoms with Gasteiger partial charge < -0.3 is 11.1 Å². The predicted molar refractivity (Wildman–Crippen MR) is 74.5 cm³/mol. The van der Waals surface area contributed by atoms with Crippen LogP contribution in [0.5, 0.6) is 0 Å². The molecule has 1 amide bonds. The summed E-state index contributed by atoms with van der Waals surface area (Å²) in [6.45, 7) is 3.10. The number of rotatable bonds is 4. The molecule has 0 saturated heterocycles. The fourth-order valence-electron chi connectivity index (χ4n) is 1.49. The Kier molecular flexibility index (Phi) is 4.78. The van der Waals surface area contributed by atoms with Crippen LogP contribution in [0.2, 0.25) is 5.02 Å². The Bertz CT molecular complexity index is 578. The highest BCUT2D eigenvalue weighted by atomic mass is 35.5. The molecule has 0 aliphatic carbocycles. The molecule has 6 nitrogen and oxygen atoms in total. The van der Waals surface area contributed by atoms with E-state index >= 15 is 0 Å². The zero-order valence-corrected chi connectivity index (χ0v) is 12.4. The Hall–Kier alpha value is -1.31. The molecule has 0 heterocycles. The second kappa shape index (κ2) is 5.77. The van der Waals surface area contributed by atoms with Gasteiger partial charge in [0.1, 0.15) is 0 Å². The van der Waals surface area contributed by atoms with Gasteiger partial charge in [0.05, 0.1) is 21.6 Å². The Labute approximate surface area is 117 Å². The van der Waals surface area contributed by atoms with Gasteiger partial charge in [0.2, 0.25) is 15.9 Å². The molecule has 0 spiro atoms. The number of halogens is 1. The van der Waals surface area contributed by atoms with Crippen LogP contribution in [0.3, 0.4) is 0 Å². The van der Waals surface area contributed by atoms with Gasteiger partial charge in [0.15, 0.2) is 0 Å². The van der Waals surface area contributed by atoms with Crippen molar-refractivity contribution in [2.24, 2.45) is 0 Å². The van der Waals surface area contributed by atoms with E-state index in [-0.39, 0.29) is 10.6 Å². The molecule has 0 fully saturated rings. The number of carbonyl (C=O) groups is 1. The van der Waals surface area contributed by atoms with Crippen LogP contribution < -0.4 is 15.8 Å². The number of amides is 1. The van der Waals surface area contributed by atoms with Crippen molar-refractivity contribution in [3.05, 3.63) is 22.7 Å². The van der Waals surface area contributed by atoms with Crippen molar-refractivity contribution in [2.45, 2.75) is 24.8 Å². The average molecular weight is 306 g/mol. The van der Waals surface area contributed by atoms with Gasteiger partial charge in [0, 0.05) is 7.05 Å². The molecule has 0 aliphatic heterocycles. The maximum absolute atomic E-state index is 12.1. The summed E-state index contributed by atoms with van der Waals surface area (Å²) >= 11 is 5.87. The maximum Gasteiger partial charge on any atom is 0.241 e. The summed E-state index contributed by atoms with van der Waals surface area (Å²) in [5, 5.41) is 2.68. The minimum Gasteiger partial charge on any atom is -0.397 e. The minimum atomic E-state index is -3.83. The number of nitrogens with one attached hydrogen (secondary N) is 2. The molecule has 1 unspecified atom stereocenters. The Morgan fingerprint density at radius 3 is 2.47 bits per heavy atom. The molecule has 19 heavy (non-hydrogen) atoms. The lowest BCUT2D eigenvalue weighted by Gasteiger charge is -2.14. The van der Waals surface area contributed by atoms with Crippen molar-refractivity contribution in [3.8, 4) is 0 Å². The SMILES string of the molecule is CNC(=O)C(C)NS(=O)(=O)c1cc(C)c(Cl)c(N)c1. The number of nitrogens with two attached hydrogens (primary N) is 1. The highest BCUT2D eigenvalue weighted by Crippen LogP contribution is 2.26. The third-order valence-electron chi connectivity index (χ3n) is 2.54. The first-order valence-corrected chi connectivity index (χ1v) is 7.34. The Morgan fingerprint density at radius 1 is 1.42 bits per heavy atom. The summed E-state index contributed by atoms with van der Waals surface area (Å²) in [5.41, 5.74) is 6.36. The van der Waals surface area contributed by atoms with Gasteiger partial charge in [0.25, 0.3) is 0 Å². The van der Waals surface area contributed by atoms with Gasteiger partial charge in [-0.15, -0.1) is 0 Å². The zero-order chi connectivity index (χ0) is 14.8. The van der Waals surface area contributed by atoms with Crippen molar-refractivity contribution in [3.63, 3.8) is 0 Å². The number of likely N-dealkylation sites (N-methyl/N-ethyl adjacent to an activating group) is 1. The van der Waals surface area contributed by atoms with E-state index in [1.54, 1.807) is 6.92 Å². The van der Waals surface area contributed by atoms with Crippen LogP contribution in [-0.2, 0) is 14.8 Å². The quantitative estimate of drug-likeness (QED) is 0.711. The normalized spacial score (nSPS) is 13.1. The third-order valence-corrected chi connectivity index (χ3v) is 4.57. The van der Waals surface area contributed by atoms with E-state index in [1.165, 1.54) is 26.1 Å². The van der Waals surface area contributed by atoms with Gasteiger partial charge in [-0.05, 0) is 31.5 Å². The van der Waals surface area contributed by atoms with Crippen LogP contribution in [0.1, 0.15) is 12.5 Å². The highest BCUT2D eigenvalue weighted by molar-refractivity contribution is 7.89. The van der Waals surface area contributed by atoms with Crippen molar-refractivity contribution < 1.29 is 13.2 Å². The second-order valence-corrected chi connectivity index (χ2v) is 6.19. The number of hydrogen-bond donors (Lipinski definition) is 3. The van der Waals surface area contributed by atoms with Crippen LogP contribution in [-0.4, -0.2) is 27.4 Å². The molecule has 0 bridgehead atoms. The standard InChI is InChI=1S/C11H16ClN3O3S/c1-6-4-8(5-9(13)10(6)12)19(17,18)15-7(2)11(16)14-3/h4-5,7,15H,13H2,1-3H3,(H,14,16). The van der Waals surface area contributed by atoms with Gasteiger partial charge >= 0.3 is 0 Å². The summed E-state index contributed by atoms with van der Waals surface area (Å²) in [6, 6.07) is 1.78. The maximum atomic E-state index is 12.1. The molecule has 8 heteroatoms. The lowest BCUT2D eigenvalue weighted by molar-refractivity contribution is -0.121. The molecule has 1 aromatic rings. The molecule has 0 saturated carbocycles. The van der Waals surface area contributed by atoms with Crippen molar-refractivity contribution >= 4 is 33.2 Å². The number of nitrogen functional groups attached to an aromatic ring is 1. The number of sulfonamides is 1. The molecule has 106 valence electrons. The first-order chi connectivity index (χ1) is 8.69. The van der Waals surface area contributed by atoms with Crippen LogP contribution in [0.25, 0.3) is 0 Å². The summed E-state index contributed by atoms with van der Waals surface area (Å²) < 4.78 is 26.4. The van der Waals surface area contributed by atoms with E-state index in [0.717, 1.165) is 0 Å². The molecule has 4 N–H and O–H groups in total. The molecule has 1 rings (SSSR count). The summed E-state index contributed by atoms with van der Waals surface area (Å²) in [5.74, 6) is -0.428. The molecular formula is C11H16ClN3O3S. The van der Waals surface area contributed by atoms with Crippen LogP contribution in [0, 0.1) is 6.92 Å². The van der Waals surface area contributed by atoms with Crippen LogP contribution in [0.4, 0.5) is 5.69 Å². The first kappa shape index (κ1) is 15.7. The zero-order valence-electron chi connectivity index (χ0n) is 10.8. The molecule has 0 aliphatic rings. The van der Waals surface area contributed by atoms with E-state index < -0.39 is 22.0 Å². The molecule has 0 aromatic heterocycles. The van der Waals surface area contributed by atoms with E-state index in [4.69, 9.17) is 17.3 Å². The van der Waals surface area contributed by atoms with Crippen molar-refractivity contribution in [1.29, 1.82) is 0 Å². The minimum absolute atomic E-state index is 0.0253. The van der Waals surface area contributed by atoms with Crippen molar-refractivity contribution in [2.75, 3.05) is 12.8 Å². The summed E-state index contributed by atoms with van der Waals surface area (Å²) in [4.78, 5) is 11.3. The Morgan fingerprint density at radius 2 is 2.00 bits per heavy atom. The summed E-state index contributed by atoms with van der Waals surface area (Å²) in [6.07, 6.45) is 0. The van der Waals surface area contributed by atoms with Crippen LogP contribution in [0.15, 0.2) is 17.0 Å². The lowest BCUT2D eigenvalue weighted by Crippen LogP contribution is -2.43. The number of hydrogen-bond acceptors (Lipinski definition) is 4. The second-order valence-electron chi connectivity index (χ2n) is 4.10. The topological polar surface area (TPSA) is 101 Å². The lowest BCUT2D eigenvalue weighted by atomic mass is 10.2. The monoisotopic (exact) mass is 305 g/mol.